The van der Waals surface area contributed by atoms with Crippen LogP contribution in [0.3, 0.4) is 0 Å². The Balaban J connectivity index is 1.75. The van der Waals surface area contributed by atoms with Gasteiger partial charge in [0.1, 0.15) is 6.54 Å². The number of nitrogens with one attached hydrogen (secondary N) is 1. The van der Waals surface area contributed by atoms with Crippen molar-refractivity contribution in [2.75, 3.05) is 19.6 Å². The molecular weight excluding hydrogens is 233 g/mol. The SMILES string of the molecule is O=C(CNCC1CC1)N(CC(F)(F)F)C1CC1. The third-order valence-corrected chi connectivity index (χ3v) is 3.06. The van der Waals surface area contributed by atoms with Crippen LogP contribution in [0.25, 0.3) is 0 Å². The highest BCUT2D eigenvalue weighted by atomic mass is 19.4. The van der Waals surface area contributed by atoms with Gasteiger partial charge in [0, 0.05) is 6.04 Å². The summed E-state index contributed by atoms with van der Waals surface area (Å²) < 4.78 is 36.9. The Morgan fingerprint density at radius 2 is 1.88 bits per heavy atom. The largest absolute Gasteiger partial charge is 0.406 e. The van der Waals surface area contributed by atoms with Gasteiger partial charge in [-0.1, -0.05) is 0 Å². The molecule has 2 fully saturated rings. The maximum atomic E-state index is 12.3. The molecule has 0 aromatic rings. The highest BCUT2D eigenvalue weighted by Crippen LogP contribution is 2.30. The smallest absolute Gasteiger partial charge is 0.330 e. The van der Waals surface area contributed by atoms with Crippen LogP contribution in [0.5, 0.6) is 0 Å². The quantitative estimate of drug-likeness (QED) is 0.775. The summed E-state index contributed by atoms with van der Waals surface area (Å²) in [5.74, 6) is 0.199. The average molecular weight is 250 g/mol. The lowest BCUT2D eigenvalue weighted by Crippen LogP contribution is -2.44. The summed E-state index contributed by atoms with van der Waals surface area (Å²) in [6, 6.07) is -0.188. The normalized spacial score (nSPS) is 20.4. The summed E-state index contributed by atoms with van der Waals surface area (Å²) in [5, 5.41) is 2.94. The first kappa shape index (κ1) is 12.7. The molecule has 2 rings (SSSR count). The lowest BCUT2D eigenvalue weighted by Gasteiger charge is -2.23. The zero-order valence-corrected chi connectivity index (χ0v) is 9.59. The molecule has 0 aromatic carbocycles. The van der Waals surface area contributed by atoms with Crippen LogP contribution in [0.1, 0.15) is 25.7 Å². The third kappa shape index (κ3) is 4.53. The van der Waals surface area contributed by atoms with E-state index in [-0.39, 0.29) is 12.6 Å². The Kier molecular flexibility index (Phi) is 3.61. The topological polar surface area (TPSA) is 32.3 Å². The van der Waals surface area contributed by atoms with Gasteiger partial charge >= 0.3 is 6.18 Å². The van der Waals surface area contributed by atoms with Crippen LogP contribution in [0.4, 0.5) is 13.2 Å². The minimum Gasteiger partial charge on any atom is -0.330 e. The van der Waals surface area contributed by atoms with Crippen molar-refractivity contribution < 1.29 is 18.0 Å². The van der Waals surface area contributed by atoms with Gasteiger partial charge in [0.15, 0.2) is 0 Å². The number of carbonyl (C=O) groups excluding carboxylic acids is 1. The molecule has 1 amide bonds. The number of carbonyl (C=O) groups is 1. The Labute approximate surface area is 98.3 Å². The molecule has 3 nitrogen and oxygen atoms in total. The fraction of sp³-hybridized carbons (Fsp3) is 0.909. The van der Waals surface area contributed by atoms with E-state index in [0.717, 1.165) is 24.3 Å². The van der Waals surface area contributed by atoms with Crippen molar-refractivity contribution in [3.63, 3.8) is 0 Å². The van der Waals surface area contributed by atoms with Crippen LogP contribution in [-0.2, 0) is 4.79 Å². The molecule has 17 heavy (non-hydrogen) atoms. The number of alkyl halides is 3. The maximum absolute atomic E-state index is 12.3. The Bertz CT molecular complexity index is 285. The van der Waals surface area contributed by atoms with Crippen LogP contribution in [-0.4, -0.2) is 42.7 Å². The van der Waals surface area contributed by atoms with Crippen molar-refractivity contribution in [3.05, 3.63) is 0 Å². The van der Waals surface area contributed by atoms with Crippen molar-refractivity contribution in [2.24, 2.45) is 5.92 Å². The monoisotopic (exact) mass is 250 g/mol. The molecule has 1 N–H and O–H groups in total. The predicted octanol–water partition coefficient (Wildman–Crippen LogP) is 1.54. The first-order valence-corrected chi connectivity index (χ1v) is 6.02. The molecule has 0 bridgehead atoms. The number of hydrogen-bond donors (Lipinski definition) is 1. The zero-order valence-electron chi connectivity index (χ0n) is 9.59. The van der Waals surface area contributed by atoms with E-state index in [4.69, 9.17) is 0 Å². The fourth-order valence-corrected chi connectivity index (χ4v) is 1.81. The van der Waals surface area contributed by atoms with Gasteiger partial charge in [-0.05, 0) is 38.1 Å². The minimum absolute atomic E-state index is 0.0308. The summed E-state index contributed by atoms with van der Waals surface area (Å²) in [7, 11) is 0. The van der Waals surface area contributed by atoms with Gasteiger partial charge < -0.3 is 10.2 Å². The minimum atomic E-state index is -4.30. The highest BCUT2D eigenvalue weighted by molar-refractivity contribution is 5.79. The van der Waals surface area contributed by atoms with E-state index in [1.807, 2.05) is 0 Å². The number of hydrogen-bond acceptors (Lipinski definition) is 2. The molecule has 0 spiro atoms. The van der Waals surface area contributed by atoms with E-state index < -0.39 is 18.6 Å². The van der Waals surface area contributed by atoms with Gasteiger partial charge in [0.05, 0.1) is 6.54 Å². The van der Waals surface area contributed by atoms with Crippen LogP contribution >= 0.6 is 0 Å². The van der Waals surface area contributed by atoms with Gasteiger partial charge in [0.2, 0.25) is 5.91 Å². The van der Waals surface area contributed by atoms with Gasteiger partial charge in [-0.3, -0.25) is 4.79 Å². The first-order chi connectivity index (χ1) is 7.96. The van der Waals surface area contributed by atoms with E-state index in [9.17, 15) is 18.0 Å². The number of rotatable bonds is 6. The third-order valence-electron chi connectivity index (χ3n) is 3.06. The maximum Gasteiger partial charge on any atom is 0.406 e. The Morgan fingerprint density at radius 1 is 1.24 bits per heavy atom. The fourth-order valence-electron chi connectivity index (χ4n) is 1.81. The Morgan fingerprint density at radius 3 is 2.35 bits per heavy atom. The van der Waals surface area contributed by atoms with Crippen LogP contribution in [0.2, 0.25) is 0 Å². The van der Waals surface area contributed by atoms with E-state index in [1.54, 1.807) is 0 Å². The Hall–Kier alpha value is -0.780. The molecule has 0 atom stereocenters. The summed E-state index contributed by atoms with van der Waals surface area (Å²) in [6.45, 7) is -0.332. The van der Waals surface area contributed by atoms with Crippen molar-refractivity contribution in [1.82, 2.24) is 10.2 Å². The zero-order chi connectivity index (χ0) is 12.5. The van der Waals surface area contributed by atoms with Gasteiger partial charge in [0.25, 0.3) is 0 Å². The van der Waals surface area contributed by atoms with Crippen molar-refractivity contribution in [2.45, 2.75) is 37.9 Å². The second-order valence-electron chi connectivity index (χ2n) is 4.94. The van der Waals surface area contributed by atoms with Crippen molar-refractivity contribution >= 4 is 5.91 Å². The van der Waals surface area contributed by atoms with E-state index >= 15 is 0 Å². The van der Waals surface area contributed by atoms with Crippen LogP contribution in [0.15, 0.2) is 0 Å². The second kappa shape index (κ2) is 4.84. The molecule has 0 radical (unpaired) electrons. The summed E-state index contributed by atoms with van der Waals surface area (Å²) in [4.78, 5) is 12.6. The summed E-state index contributed by atoms with van der Waals surface area (Å²) in [6.07, 6.45) is -0.574. The molecule has 0 saturated heterocycles. The predicted molar refractivity (Wildman–Crippen MR) is 56.4 cm³/mol. The number of amides is 1. The molecule has 2 aliphatic rings. The van der Waals surface area contributed by atoms with Crippen molar-refractivity contribution in [1.29, 1.82) is 0 Å². The molecule has 6 heteroatoms. The average Bonchev–Trinajstić information content (AvgIpc) is 3.05. The molecule has 0 heterocycles. The molecule has 2 saturated carbocycles. The van der Waals surface area contributed by atoms with Gasteiger partial charge in [-0.15, -0.1) is 0 Å². The molecule has 0 aromatic heterocycles. The summed E-state index contributed by atoms with van der Waals surface area (Å²) >= 11 is 0. The second-order valence-corrected chi connectivity index (χ2v) is 4.94. The van der Waals surface area contributed by atoms with Crippen molar-refractivity contribution in [3.8, 4) is 0 Å². The first-order valence-electron chi connectivity index (χ1n) is 6.02. The molecule has 0 aliphatic heterocycles. The lowest BCUT2D eigenvalue weighted by molar-refractivity contribution is -0.161. The van der Waals surface area contributed by atoms with Gasteiger partial charge in [-0.2, -0.15) is 13.2 Å². The molecule has 2 aliphatic carbocycles. The van der Waals surface area contributed by atoms with E-state index in [2.05, 4.69) is 5.32 Å². The van der Waals surface area contributed by atoms with E-state index in [1.165, 1.54) is 0 Å². The van der Waals surface area contributed by atoms with Crippen LogP contribution in [0, 0.1) is 5.92 Å². The number of nitrogens with zero attached hydrogens (tertiary/aromatic N) is 1. The van der Waals surface area contributed by atoms with E-state index in [0.29, 0.717) is 18.8 Å². The standard InChI is InChI=1S/C11H17F3N2O/c12-11(13,14)7-16(9-3-4-9)10(17)6-15-5-8-1-2-8/h8-9,15H,1-7H2. The number of halogens is 3. The van der Waals surface area contributed by atoms with Gasteiger partial charge in [-0.25, -0.2) is 0 Å². The highest BCUT2D eigenvalue weighted by Gasteiger charge is 2.40. The van der Waals surface area contributed by atoms with Crippen LogP contribution < -0.4 is 5.32 Å². The molecular formula is C11H17F3N2O. The molecule has 98 valence electrons. The molecule has 0 unspecified atom stereocenters. The lowest BCUT2D eigenvalue weighted by atomic mass is 10.4. The summed E-state index contributed by atoms with van der Waals surface area (Å²) in [5.41, 5.74) is 0.